The highest BCUT2D eigenvalue weighted by molar-refractivity contribution is 5.76. The molecule has 0 bridgehead atoms. The van der Waals surface area contributed by atoms with E-state index in [1.165, 1.54) is 0 Å². The summed E-state index contributed by atoms with van der Waals surface area (Å²) in [6, 6.07) is 7.32. The monoisotopic (exact) mass is 259 g/mol. The van der Waals surface area contributed by atoms with Crippen molar-refractivity contribution >= 4 is 17.0 Å². The van der Waals surface area contributed by atoms with E-state index in [1.807, 2.05) is 18.2 Å². The summed E-state index contributed by atoms with van der Waals surface area (Å²) in [5, 5.41) is 11.1. The van der Waals surface area contributed by atoms with E-state index in [1.54, 1.807) is 6.07 Å². The lowest BCUT2D eigenvalue weighted by molar-refractivity contribution is -0.120. The van der Waals surface area contributed by atoms with Gasteiger partial charge in [-0.3, -0.25) is 9.78 Å². The van der Waals surface area contributed by atoms with Crippen LogP contribution in [0.15, 0.2) is 27.4 Å². The summed E-state index contributed by atoms with van der Waals surface area (Å²) in [7, 11) is 0. The molecule has 0 spiro atoms. The minimum absolute atomic E-state index is 0.126. The normalized spacial score (nSPS) is 10.3. The molecule has 0 atom stereocenters. The first-order valence-electron chi connectivity index (χ1n) is 5.94. The van der Waals surface area contributed by atoms with E-state index < -0.39 is 5.76 Å². The molecular formula is C13H13N3O3. The molecule has 0 saturated heterocycles. The largest absolute Gasteiger partial charge is 0.417 e. The van der Waals surface area contributed by atoms with Crippen LogP contribution in [0, 0.1) is 11.3 Å². The van der Waals surface area contributed by atoms with Gasteiger partial charge in [0.15, 0.2) is 5.58 Å². The molecule has 98 valence electrons. The van der Waals surface area contributed by atoms with Crippen molar-refractivity contribution in [1.29, 1.82) is 5.26 Å². The summed E-state index contributed by atoms with van der Waals surface area (Å²) in [4.78, 5) is 24.9. The Morgan fingerprint density at radius 2 is 2.32 bits per heavy atom. The number of aromatic amines is 1. The Balaban J connectivity index is 1.89. The quantitative estimate of drug-likeness (QED) is 0.839. The SMILES string of the molecule is N#CCCC(=O)NCCc1ccc2oc(=O)[nH]c2c1. The van der Waals surface area contributed by atoms with Crippen LogP contribution in [0.25, 0.3) is 11.1 Å². The third kappa shape index (κ3) is 3.45. The maximum Gasteiger partial charge on any atom is 0.417 e. The zero-order valence-corrected chi connectivity index (χ0v) is 10.2. The predicted molar refractivity (Wildman–Crippen MR) is 68.4 cm³/mol. The fourth-order valence-corrected chi connectivity index (χ4v) is 1.76. The number of benzene rings is 1. The van der Waals surface area contributed by atoms with Crippen LogP contribution in [0.1, 0.15) is 18.4 Å². The van der Waals surface area contributed by atoms with E-state index in [0.29, 0.717) is 24.1 Å². The Morgan fingerprint density at radius 3 is 3.11 bits per heavy atom. The van der Waals surface area contributed by atoms with Crippen molar-refractivity contribution in [2.45, 2.75) is 19.3 Å². The molecule has 1 aromatic carbocycles. The van der Waals surface area contributed by atoms with Crippen molar-refractivity contribution in [2.24, 2.45) is 0 Å². The maximum atomic E-state index is 11.3. The van der Waals surface area contributed by atoms with Crippen molar-refractivity contribution in [2.75, 3.05) is 6.54 Å². The van der Waals surface area contributed by atoms with Crippen LogP contribution < -0.4 is 11.1 Å². The van der Waals surface area contributed by atoms with Gasteiger partial charge < -0.3 is 9.73 Å². The van der Waals surface area contributed by atoms with E-state index in [0.717, 1.165) is 5.56 Å². The van der Waals surface area contributed by atoms with E-state index in [9.17, 15) is 9.59 Å². The van der Waals surface area contributed by atoms with E-state index >= 15 is 0 Å². The first-order chi connectivity index (χ1) is 9.19. The van der Waals surface area contributed by atoms with Gasteiger partial charge in [0.05, 0.1) is 11.6 Å². The molecule has 0 aliphatic heterocycles. The molecule has 6 nitrogen and oxygen atoms in total. The second-order valence-corrected chi connectivity index (χ2v) is 4.10. The Labute approximate surface area is 109 Å². The van der Waals surface area contributed by atoms with Gasteiger partial charge in [-0.1, -0.05) is 6.07 Å². The van der Waals surface area contributed by atoms with E-state index in [-0.39, 0.29) is 18.7 Å². The minimum atomic E-state index is -0.475. The number of aromatic nitrogens is 1. The molecular weight excluding hydrogens is 246 g/mol. The van der Waals surface area contributed by atoms with Crippen LogP contribution in [-0.2, 0) is 11.2 Å². The number of carbonyl (C=O) groups excluding carboxylic acids is 1. The Hall–Kier alpha value is -2.55. The van der Waals surface area contributed by atoms with Crippen molar-refractivity contribution in [3.63, 3.8) is 0 Å². The second kappa shape index (κ2) is 5.87. The third-order valence-electron chi connectivity index (χ3n) is 2.68. The third-order valence-corrected chi connectivity index (χ3v) is 2.68. The van der Waals surface area contributed by atoms with Crippen LogP contribution in [0.5, 0.6) is 0 Å². The summed E-state index contributed by atoms with van der Waals surface area (Å²) in [5.41, 5.74) is 2.16. The van der Waals surface area contributed by atoms with Crippen molar-refractivity contribution in [3.05, 3.63) is 34.3 Å². The number of rotatable bonds is 5. The fourth-order valence-electron chi connectivity index (χ4n) is 1.76. The lowest BCUT2D eigenvalue weighted by Crippen LogP contribution is -2.25. The topological polar surface area (TPSA) is 98.9 Å². The minimum Gasteiger partial charge on any atom is -0.408 e. The summed E-state index contributed by atoms with van der Waals surface area (Å²) < 4.78 is 4.90. The lowest BCUT2D eigenvalue weighted by atomic mass is 10.1. The molecule has 19 heavy (non-hydrogen) atoms. The highest BCUT2D eigenvalue weighted by Crippen LogP contribution is 2.12. The summed E-state index contributed by atoms with van der Waals surface area (Å²) >= 11 is 0. The molecule has 0 unspecified atom stereocenters. The molecule has 2 N–H and O–H groups in total. The van der Waals surface area contributed by atoms with E-state index in [2.05, 4.69) is 10.3 Å². The smallest absolute Gasteiger partial charge is 0.408 e. The number of carbonyl (C=O) groups is 1. The molecule has 0 radical (unpaired) electrons. The molecule has 2 rings (SSSR count). The highest BCUT2D eigenvalue weighted by atomic mass is 16.4. The number of amides is 1. The van der Waals surface area contributed by atoms with Gasteiger partial charge >= 0.3 is 5.76 Å². The first kappa shape index (κ1) is 12.9. The zero-order chi connectivity index (χ0) is 13.7. The average molecular weight is 259 g/mol. The van der Waals surface area contributed by atoms with Crippen LogP contribution >= 0.6 is 0 Å². The van der Waals surface area contributed by atoms with Gasteiger partial charge in [0, 0.05) is 19.4 Å². The molecule has 0 fully saturated rings. The molecule has 1 aromatic heterocycles. The number of oxazole rings is 1. The summed E-state index contributed by atoms with van der Waals surface area (Å²) in [6.45, 7) is 0.498. The van der Waals surface area contributed by atoms with Crippen molar-refractivity contribution in [1.82, 2.24) is 10.3 Å². The Morgan fingerprint density at radius 1 is 1.47 bits per heavy atom. The molecule has 0 aliphatic rings. The Kier molecular flexibility index (Phi) is 3.98. The number of fused-ring (bicyclic) bond motifs is 1. The van der Waals surface area contributed by atoms with Gasteiger partial charge in [-0.25, -0.2) is 4.79 Å². The number of hydrogen-bond acceptors (Lipinski definition) is 4. The summed E-state index contributed by atoms with van der Waals surface area (Å²) in [5.74, 6) is -0.601. The van der Waals surface area contributed by atoms with Crippen molar-refractivity contribution in [3.8, 4) is 6.07 Å². The van der Waals surface area contributed by atoms with Gasteiger partial charge in [0.1, 0.15) is 0 Å². The zero-order valence-electron chi connectivity index (χ0n) is 10.2. The van der Waals surface area contributed by atoms with Gasteiger partial charge in [0.25, 0.3) is 0 Å². The molecule has 0 saturated carbocycles. The second-order valence-electron chi connectivity index (χ2n) is 4.10. The number of nitrogens with zero attached hydrogens (tertiary/aromatic N) is 1. The van der Waals surface area contributed by atoms with Crippen molar-refractivity contribution < 1.29 is 9.21 Å². The first-order valence-corrected chi connectivity index (χ1v) is 5.94. The van der Waals surface area contributed by atoms with Crippen LogP contribution in [-0.4, -0.2) is 17.4 Å². The van der Waals surface area contributed by atoms with Crippen LogP contribution in [0.2, 0.25) is 0 Å². The number of hydrogen-bond donors (Lipinski definition) is 2. The number of H-pyrrole nitrogens is 1. The maximum absolute atomic E-state index is 11.3. The molecule has 1 heterocycles. The number of nitrogens with one attached hydrogen (secondary N) is 2. The summed E-state index contributed by atoms with van der Waals surface area (Å²) in [6.07, 6.45) is 1.11. The van der Waals surface area contributed by atoms with Crippen LogP contribution in [0.3, 0.4) is 0 Å². The Bertz CT molecular complexity index is 678. The molecule has 0 aliphatic carbocycles. The molecule has 6 heteroatoms. The standard InChI is InChI=1S/C13H13N3O3/c14-6-1-2-12(17)15-7-5-9-3-4-11-10(8-9)16-13(18)19-11/h3-4,8H,1-2,5,7H2,(H,15,17)(H,16,18). The van der Waals surface area contributed by atoms with Gasteiger partial charge in [-0.2, -0.15) is 5.26 Å². The van der Waals surface area contributed by atoms with E-state index in [4.69, 9.17) is 9.68 Å². The molecule has 2 aromatic rings. The van der Waals surface area contributed by atoms with Crippen LogP contribution in [0.4, 0.5) is 0 Å². The lowest BCUT2D eigenvalue weighted by Gasteiger charge is -2.03. The molecule has 1 amide bonds. The number of nitriles is 1. The van der Waals surface area contributed by atoms with Gasteiger partial charge in [-0.15, -0.1) is 0 Å². The highest BCUT2D eigenvalue weighted by Gasteiger charge is 2.03. The predicted octanol–water partition coefficient (Wildman–Crippen LogP) is 1.08. The fraction of sp³-hybridized carbons (Fsp3) is 0.308. The average Bonchev–Trinajstić information content (AvgIpc) is 2.75. The van der Waals surface area contributed by atoms with Gasteiger partial charge in [-0.05, 0) is 24.1 Å². The van der Waals surface area contributed by atoms with Gasteiger partial charge in [0.2, 0.25) is 5.91 Å².